The lowest BCUT2D eigenvalue weighted by molar-refractivity contribution is 0.208. The minimum Gasteiger partial charge on any atom is -0.383 e. The molecule has 0 saturated carbocycles. The first-order chi connectivity index (χ1) is 11.4. The molecule has 1 heterocycles. The summed E-state index contributed by atoms with van der Waals surface area (Å²) < 4.78 is 32.6. The zero-order valence-corrected chi connectivity index (χ0v) is 15.8. The number of nitriles is 1. The van der Waals surface area contributed by atoms with E-state index in [0.717, 1.165) is 4.31 Å². The van der Waals surface area contributed by atoms with E-state index < -0.39 is 10.0 Å². The first kappa shape index (κ1) is 18.7. The number of hydrogen-bond donors (Lipinski definition) is 0. The van der Waals surface area contributed by atoms with E-state index in [2.05, 4.69) is 20.9 Å². The molecule has 24 heavy (non-hydrogen) atoms. The maximum absolute atomic E-state index is 13.0. The Morgan fingerprint density at radius 3 is 2.75 bits per heavy atom. The van der Waals surface area contributed by atoms with Crippen LogP contribution in [0.1, 0.15) is 5.56 Å². The van der Waals surface area contributed by atoms with Gasteiger partial charge >= 0.3 is 0 Å². The number of nitrogens with zero attached hydrogens (tertiary/aromatic N) is 3. The van der Waals surface area contributed by atoms with Gasteiger partial charge in [0, 0.05) is 7.11 Å². The van der Waals surface area contributed by atoms with Gasteiger partial charge in [0.15, 0.2) is 0 Å². The number of benzene rings is 1. The van der Waals surface area contributed by atoms with Crippen molar-refractivity contribution in [3.63, 3.8) is 0 Å². The molecule has 0 atom stereocenters. The molecule has 0 N–H and O–H groups in total. The third-order valence-electron chi connectivity index (χ3n) is 3.10. The van der Waals surface area contributed by atoms with E-state index in [4.69, 9.17) is 21.6 Å². The lowest BCUT2D eigenvalue weighted by atomic mass is 10.2. The molecule has 0 aliphatic rings. The van der Waals surface area contributed by atoms with E-state index in [1.165, 1.54) is 25.3 Å². The predicted octanol–water partition coefficient (Wildman–Crippen LogP) is 3.21. The second-order valence-electron chi connectivity index (χ2n) is 4.64. The summed E-state index contributed by atoms with van der Waals surface area (Å²) in [5.41, 5.74) is 0.0895. The monoisotopic (exact) mass is 429 g/mol. The van der Waals surface area contributed by atoms with Gasteiger partial charge in [-0.25, -0.2) is 17.7 Å². The Kier molecular flexibility index (Phi) is 6.18. The fourth-order valence-corrected chi connectivity index (χ4v) is 3.86. The third-order valence-corrected chi connectivity index (χ3v) is 5.67. The van der Waals surface area contributed by atoms with Gasteiger partial charge < -0.3 is 4.74 Å². The van der Waals surface area contributed by atoms with E-state index in [1.807, 2.05) is 6.07 Å². The molecule has 2 rings (SSSR count). The molecule has 0 spiro atoms. The number of sulfonamides is 1. The average molecular weight is 431 g/mol. The van der Waals surface area contributed by atoms with Crippen LogP contribution in [0.4, 0.5) is 5.82 Å². The number of aromatic nitrogens is 1. The summed E-state index contributed by atoms with van der Waals surface area (Å²) in [5.74, 6) is 0.245. The number of ether oxygens (including phenoxy) is 1. The van der Waals surface area contributed by atoms with E-state index >= 15 is 0 Å². The first-order valence-corrected chi connectivity index (χ1v) is 9.35. The molecule has 0 saturated heterocycles. The summed E-state index contributed by atoms with van der Waals surface area (Å²) >= 11 is 9.11. The van der Waals surface area contributed by atoms with Crippen molar-refractivity contribution in [3.8, 4) is 6.07 Å². The fraction of sp³-hybridized carbons (Fsp3) is 0.200. The zero-order valence-electron chi connectivity index (χ0n) is 12.6. The van der Waals surface area contributed by atoms with Gasteiger partial charge in [0.2, 0.25) is 0 Å². The number of halogens is 2. The Hall–Kier alpha value is -1.66. The van der Waals surface area contributed by atoms with E-state index in [9.17, 15) is 8.42 Å². The van der Waals surface area contributed by atoms with Crippen molar-refractivity contribution in [3.05, 3.63) is 51.6 Å². The highest BCUT2D eigenvalue weighted by molar-refractivity contribution is 9.10. The van der Waals surface area contributed by atoms with Gasteiger partial charge in [-0.1, -0.05) is 17.7 Å². The van der Waals surface area contributed by atoms with Crippen molar-refractivity contribution >= 4 is 43.4 Å². The van der Waals surface area contributed by atoms with Crippen LogP contribution in [-0.2, 0) is 14.8 Å². The second kappa shape index (κ2) is 7.94. The van der Waals surface area contributed by atoms with Crippen molar-refractivity contribution in [2.45, 2.75) is 4.90 Å². The first-order valence-electron chi connectivity index (χ1n) is 6.74. The summed E-state index contributed by atoms with van der Waals surface area (Å²) in [6.07, 6.45) is 0. The van der Waals surface area contributed by atoms with E-state index in [0.29, 0.717) is 4.60 Å². The van der Waals surface area contributed by atoms with Crippen LogP contribution in [0.3, 0.4) is 0 Å². The maximum Gasteiger partial charge on any atom is 0.265 e. The lowest BCUT2D eigenvalue weighted by Gasteiger charge is -2.23. The van der Waals surface area contributed by atoms with Crippen molar-refractivity contribution < 1.29 is 13.2 Å². The average Bonchev–Trinajstić information content (AvgIpc) is 2.55. The van der Waals surface area contributed by atoms with E-state index in [-0.39, 0.29) is 34.5 Å². The molecule has 9 heteroatoms. The molecule has 0 unspecified atom stereocenters. The summed E-state index contributed by atoms with van der Waals surface area (Å²) in [6, 6.07) is 10.8. The Labute approximate surface area is 153 Å². The molecule has 0 radical (unpaired) electrons. The maximum atomic E-state index is 13.0. The largest absolute Gasteiger partial charge is 0.383 e. The number of rotatable bonds is 6. The molecular weight excluding hydrogens is 418 g/mol. The van der Waals surface area contributed by atoms with Gasteiger partial charge in [0.25, 0.3) is 10.0 Å². The van der Waals surface area contributed by atoms with Gasteiger partial charge in [0.1, 0.15) is 16.5 Å². The Morgan fingerprint density at radius 2 is 2.12 bits per heavy atom. The topological polar surface area (TPSA) is 83.3 Å². The predicted molar refractivity (Wildman–Crippen MR) is 94.5 cm³/mol. The van der Waals surface area contributed by atoms with Crippen LogP contribution in [0.2, 0.25) is 5.02 Å². The van der Waals surface area contributed by atoms with Gasteiger partial charge in [-0.2, -0.15) is 5.26 Å². The molecule has 0 fully saturated rings. The van der Waals surface area contributed by atoms with Crippen LogP contribution < -0.4 is 4.31 Å². The van der Waals surface area contributed by atoms with Gasteiger partial charge in [-0.05, 0) is 46.3 Å². The highest BCUT2D eigenvalue weighted by atomic mass is 79.9. The lowest BCUT2D eigenvalue weighted by Crippen LogP contribution is -2.34. The van der Waals surface area contributed by atoms with Gasteiger partial charge in [-0.3, -0.25) is 0 Å². The second-order valence-corrected chi connectivity index (χ2v) is 7.72. The third kappa shape index (κ3) is 4.05. The zero-order chi connectivity index (χ0) is 17.7. The standard InChI is InChI=1S/C15H13BrClN3O3S/c1-23-8-7-20(15-4-2-3-14(16)19-15)24(21,22)12-5-6-13(17)11(9-12)10-18/h2-6,9H,7-8H2,1H3. The fourth-order valence-electron chi connectivity index (χ4n) is 1.95. The Bertz CT molecular complexity index is 884. The van der Waals surface area contributed by atoms with Crippen LogP contribution in [0, 0.1) is 11.3 Å². The normalized spacial score (nSPS) is 11.1. The van der Waals surface area contributed by atoms with Crippen molar-refractivity contribution in [1.82, 2.24) is 4.98 Å². The summed E-state index contributed by atoms with van der Waals surface area (Å²) in [4.78, 5) is 4.15. The molecule has 126 valence electrons. The number of methoxy groups -OCH3 is 1. The van der Waals surface area contributed by atoms with Crippen molar-refractivity contribution in [2.75, 3.05) is 24.6 Å². The molecule has 1 aromatic carbocycles. The molecular formula is C15H13BrClN3O3S. The molecule has 0 aliphatic heterocycles. The van der Waals surface area contributed by atoms with Crippen LogP contribution in [0.15, 0.2) is 45.9 Å². The minimum atomic E-state index is -3.93. The van der Waals surface area contributed by atoms with Crippen LogP contribution in [0.5, 0.6) is 0 Å². The van der Waals surface area contributed by atoms with Crippen molar-refractivity contribution in [2.24, 2.45) is 0 Å². The number of pyridine rings is 1. The summed E-state index contributed by atoms with van der Waals surface area (Å²) in [6.45, 7) is 0.263. The molecule has 0 aliphatic carbocycles. The highest BCUT2D eigenvalue weighted by Crippen LogP contribution is 2.26. The summed E-state index contributed by atoms with van der Waals surface area (Å²) in [7, 11) is -2.45. The SMILES string of the molecule is COCCN(c1cccc(Br)n1)S(=O)(=O)c1ccc(Cl)c(C#N)c1. The molecule has 0 amide bonds. The Balaban J connectivity index is 2.54. The molecule has 1 aromatic heterocycles. The Morgan fingerprint density at radius 1 is 1.38 bits per heavy atom. The quantitative estimate of drug-likeness (QED) is 0.657. The van der Waals surface area contributed by atoms with Gasteiger partial charge in [-0.15, -0.1) is 0 Å². The van der Waals surface area contributed by atoms with Crippen molar-refractivity contribution in [1.29, 1.82) is 5.26 Å². The molecule has 6 nitrogen and oxygen atoms in total. The number of anilines is 1. The molecule has 0 bridgehead atoms. The van der Waals surface area contributed by atoms with Crippen LogP contribution in [-0.4, -0.2) is 33.7 Å². The number of hydrogen-bond acceptors (Lipinski definition) is 5. The van der Waals surface area contributed by atoms with E-state index in [1.54, 1.807) is 18.2 Å². The minimum absolute atomic E-state index is 0.0404. The van der Waals surface area contributed by atoms with Gasteiger partial charge in [0.05, 0.1) is 28.6 Å². The summed E-state index contributed by atoms with van der Waals surface area (Å²) in [5, 5.41) is 9.26. The molecule has 2 aromatic rings. The van der Waals surface area contributed by atoms with Crippen LogP contribution >= 0.6 is 27.5 Å². The smallest absolute Gasteiger partial charge is 0.265 e. The highest BCUT2D eigenvalue weighted by Gasteiger charge is 2.26. The van der Waals surface area contributed by atoms with Crippen LogP contribution in [0.25, 0.3) is 0 Å².